The lowest BCUT2D eigenvalue weighted by Crippen LogP contribution is -2.44. The fourth-order valence-electron chi connectivity index (χ4n) is 4.01. The quantitative estimate of drug-likeness (QED) is 0.853. The Morgan fingerprint density at radius 1 is 1.09 bits per heavy atom. The smallest absolute Gasteiger partial charge is 0.253 e. The van der Waals surface area contributed by atoms with Crippen molar-refractivity contribution in [2.75, 3.05) is 19.3 Å². The lowest BCUT2D eigenvalue weighted by Gasteiger charge is -2.41. The molecule has 5 heteroatoms. The van der Waals surface area contributed by atoms with Crippen molar-refractivity contribution in [1.82, 2.24) is 4.90 Å². The Morgan fingerprint density at radius 2 is 1.74 bits per heavy atom. The summed E-state index contributed by atoms with van der Waals surface area (Å²) in [7, 11) is -3.04. The van der Waals surface area contributed by atoms with E-state index < -0.39 is 9.84 Å². The van der Waals surface area contributed by atoms with Gasteiger partial charge < -0.3 is 4.90 Å². The van der Waals surface area contributed by atoms with Gasteiger partial charge >= 0.3 is 0 Å². The minimum atomic E-state index is -3.04. The number of fused-ring (bicyclic) bond motifs is 1. The van der Waals surface area contributed by atoms with E-state index in [2.05, 4.69) is 0 Å². The largest absolute Gasteiger partial charge is 0.338 e. The van der Waals surface area contributed by atoms with Gasteiger partial charge in [0, 0.05) is 24.9 Å². The number of rotatable bonds is 3. The first-order valence-corrected chi connectivity index (χ1v) is 10.5. The van der Waals surface area contributed by atoms with Crippen molar-refractivity contribution < 1.29 is 13.2 Å². The highest BCUT2D eigenvalue weighted by Crippen LogP contribution is 2.36. The number of hydrogen-bond donors (Lipinski definition) is 0. The summed E-state index contributed by atoms with van der Waals surface area (Å²) in [6, 6.07) is 7.02. The van der Waals surface area contributed by atoms with Crippen LogP contribution < -0.4 is 0 Å². The average Bonchev–Trinajstić information content (AvgIpc) is 2.53. The molecule has 0 radical (unpaired) electrons. The van der Waals surface area contributed by atoms with E-state index in [4.69, 9.17) is 0 Å². The first kappa shape index (κ1) is 16.5. The van der Waals surface area contributed by atoms with Crippen molar-refractivity contribution >= 4 is 15.7 Å². The summed E-state index contributed by atoms with van der Waals surface area (Å²) in [6.07, 6.45) is 7.57. The van der Waals surface area contributed by atoms with E-state index in [9.17, 15) is 13.2 Å². The molecule has 1 saturated carbocycles. The molecule has 4 nitrogen and oxygen atoms in total. The maximum absolute atomic E-state index is 12.7. The number of carbonyl (C=O) groups is 1. The van der Waals surface area contributed by atoms with Crippen LogP contribution in [0, 0.1) is 11.8 Å². The predicted octanol–water partition coefficient (Wildman–Crippen LogP) is 2.88. The van der Waals surface area contributed by atoms with E-state index in [1.807, 2.05) is 4.90 Å². The summed E-state index contributed by atoms with van der Waals surface area (Å²) < 4.78 is 22.7. The maximum atomic E-state index is 12.7. The van der Waals surface area contributed by atoms with E-state index in [-0.39, 0.29) is 11.7 Å². The first-order valence-electron chi connectivity index (χ1n) is 8.48. The van der Waals surface area contributed by atoms with Gasteiger partial charge in [0.1, 0.15) is 0 Å². The van der Waals surface area contributed by atoms with E-state index in [1.165, 1.54) is 31.9 Å². The van der Waals surface area contributed by atoms with Gasteiger partial charge in [-0.3, -0.25) is 4.79 Å². The molecule has 23 heavy (non-hydrogen) atoms. The van der Waals surface area contributed by atoms with Crippen molar-refractivity contribution in [3.8, 4) is 0 Å². The monoisotopic (exact) mass is 335 g/mol. The number of carbonyl (C=O) groups excluding carboxylic acids is 1. The minimum Gasteiger partial charge on any atom is -0.338 e. The van der Waals surface area contributed by atoms with Gasteiger partial charge in [-0.2, -0.15) is 0 Å². The molecule has 0 bridgehead atoms. The Hall–Kier alpha value is -1.36. The molecule has 1 aliphatic heterocycles. The second-order valence-corrected chi connectivity index (χ2v) is 9.25. The van der Waals surface area contributed by atoms with Crippen LogP contribution in [0.1, 0.15) is 48.0 Å². The Balaban J connectivity index is 1.66. The van der Waals surface area contributed by atoms with Gasteiger partial charge in [0.25, 0.3) is 5.91 Å². The summed E-state index contributed by atoms with van der Waals surface area (Å²) in [5.74, 6) is 1.59. The number of piperidine rings is 1. The predicted molar refractivity (Wildman–Crippen MR) is 91.0 cm³/mol. The highest BCUT2D eigenvalue weighted by molar-refractivity contribution is 7.89. The van der Waals surface area contributed by atoms with E-state index >= 15 is 0 Å². The van der Waals surface area contributed by atoms with Crippen molar-refractivity contribution in [2.24, 2.45) is 11.8 Å². The van der Waals surface area contributed by atoms with Crippen molar-refractivity contribution in [3.05, 3.63) is 35.4 Å². The van der Waals surface area contributed by atoms with Gasteiger partial charge in [-0.25, -0.2) is 8.42 Å². The molecule has 1 heterocycles. The van der Waals surface area contributed by atoms with Crippen LogP contribution in [-0.2, 0) is 15.6 Å². The molecular formula is C18H25NO3S. The van der Waals surface area contributed by atoms with Gasteiger partial charge in [0.15, 0.2) is 9.84 Å². The number of nitrogens with zero attached hydrogens (tertiary/aromatic N) is 1. The summed E-state index contributed by atoms with van der Waals surface area (Å²) in [5, 5.41) is 0. The molecule has 2 atom stereocenters. The molecule has 0 aromatic heterocycles. The zero-order valence-electron chi connectivity index (χ0n) is 13.7. The highest BCUT2D eigenvalue weighted by atomic mass is 32.2. The fourth-order valence-corrected chi connectivity index (χ4v) is 4.81. The van der Waals surface area contributed by atoms with E-state index in [0.29, 0.717) is 11.5 Å². The van der Waals surface area contributed by atoms with Crippen molar-refractivity contribution in [3.63, 3.8) is 0 Å². The normalized spacial score (nSPS) is 25.0. The molecule has 1 amide bonds. The third-order valence-corrected chi connectivity index (χ3v) is 6.07. The molecule has 1 saturated heterocycles. The number of amides is 1. The van der Waals surface area contributed by atoms with Gasteiger partial charge in [-0.15, -0.1) is 0 Å². The van der Waals surface area contributed by atoms with Crippen LogP contribution in [0.3, 0.4) is 0 Å². The first-order chi connectivity index (χ1) is 10.9. The summed E-state index contributed by atoms with van der Waals surface area (Å²) >= 11 is 0. The number of sulfone groups is 1. The average molecular weight is 335 g/mol. The molecule has 2 fully saturated rings. The standard InChI is InChI=1S/C18H25NO3S/c1-23(21,22)13-14-6-8-16(9-7-14)18(20)19-11-10-15-4-2-3-5-17(15)12-19/h6-9,15,17H,2-5,10-13H2,1H3. The zero-order valence-corrected chi connectivity index (χ0v) is 14.5. The van der Waals surface area contributed by atoms with Crippen LogP contribution in [0.25, 0.3) is 0 Å². The Labute approximate surface area is 138 Å². The van der Waals surface area contributed by atoms with Crippen LogP contribution in [-0.4, -0.2) is 38.6 Å². The lowest BCUT2D eigenvalue weighted by atomic mass is 9.75. The Bertz CT molecular complexity index is 666. The SMILES string of the molecule is CS(=O)(=O)Cc1ccc(C(=O)N2CCC3CCCCC3C2)cc1. The molecule has 0 N–H and O–H groups in total. The second-order valence-electron chi connectivity index (χ2n) is 7.11. The highest BCUT2D eigenvalue weighted by Gasteiger charge is 2.33. The number of likely N-dealkylation sites (tertiary alicyclic amines) is 1. The fraction of sp³-hybridized carbons (Fsp3) is 0.611. The third-order valence-electron chi connectivity index (χ3n) is 5.21. The molecule has 0 spiro atoms. The van der Waals surface area contributed by atoms with Crippen LogP contribution >= 0.6 is 0 Å². The molecule has 1 aliphatic carbocycles. The summed E-state index contributed by atoms with van der Waals surface area (Å²) in [5.41, 5.74) is 1.39. The molecule has 1 aromatic rings. The van der Waals surface area contributed by atoms with Gasteiger partial charge in [-0.1, -0.05) is 31.4 Å². The van der Waals surface area contributed by atoms with Crippen LogP contribution in [0.5, 0.6) is 0 Å². The second kappa shape index (κ2) is 6.63. The zero-order chi connectivity index (χ0) is 16.4. The molecular weight excluding hydrogens is 310 g/mol. The topological polar surface area (TPSA) is 54.5 Å². The van der Waals surface area contributed by atoms with Gasteiger partial charge in [-0.05, 0) is 42.4 Å². The maximum Gasteiger partial charge on any atom is 0.253 e. The van der Waals surface area contributed by atoms with Crippen molar-refractivity contribution in [1.29, 1.82) is 0 Å². The minimum absolute atomic E-state index is 0.0228. The summed E-state index contributed by atoms with van der Waals surface area (Å²) in [6.45, 7) is 1.74. The van der Waals surface area contributed by atoms with E-state index in [0.717, 1.165) is 31.0 Å². The van der Waals surface area contributed by atoms with Gasteiger partial charge in [0.05, 0.1) is 5.75 Å². The van der Waals surface area contributed by atoms with E-state index in [1.54, 1.807) is 24.3 Å². The summed E-state index contributed by atoms with van der Waals surface area (Å²) in [4.78, 5) is 14.7. The van der Waals surface area contributed by atoms with Crippen molar-refractivity contribution in [2.45, 2.75) is 37.9 Å². The van der Waals surface area contributed by atoms with Crippen LogP contribution in [0.2, 0.25) is 0 Å². The number of benzene rings is 1. The van der Waals surface area contributed by atoms with Gasteiger partial charge in [0.2, 0.25) is 0 Å². The lowest BCUT2D eigenvalue weighted by molar-refractivity contribution is 0.0521. The van der Waals surface area contributed by atoms with Crippen LogP contribution in [0.15, 0.2) is 24.3 Å². The molecule has 126 valence electrons. The molecule has 2 unspecified atom stereocenters. The molecule has 3 rings (SSSR count). The molecule has 1 aromatic carbocycles. The van der Waals surface area contributed by atoms with Crippen LogP contribution in [0.4, 0.5) is 0 Å². The molecule has 2 aliphatic rings. The Morgan fingerprint density at radius 3 is 2.39 bits per heavy atom. The third kappa shape index (κ3) is 4.14. The Kier molecular flexibility index (Phi) is 4.76. The number of hydrogen-bond acceptors (Lipinski definition) is 3.